The largest absolute Gasteiger partial charge is 0.335 e. The third kappa shape index (κ3) is 4.66. The molecule has 1 aromatic heterocycles. The molecule has 172 valence electrons. The Hall–Kier alpha value is -2.77. The number of carbonyl (C=O) groups excluding carboxylic acids is 1. The first-order valence-corrected chi connectivity index (χ1v) is 13.2. The average Bonchev–Trinajstić information content (AvgIpc) is 3.34. The van der Waals surface area contributed by atoms with Crippen LogP contribution in [0, 0.1) is 5.92 Å². The summed E-state index contributed by atoms with van der Waals surface area (Å²) in [5, 5.41) is 0.799. The Bertz CT molecular complexity index is 1240. The molecular formula is C26H29N3O3S. The van der Waals surface area contributed by atoms with Gasteiger partial charge >= 0.3 is 0 Å². The van der Waals surface area contributed by atoms with E-state index in [-0.39, 0.29) is 28.8 Å². The molecule has 0 spiro atoms. The van der Waals surface area contributed by atoms with Gasteiger partial charge in [-0.15, -0.1) is 0 Å². The molecule has 2 heterocycles. The number of nitrogens with zero attached hydrogens (tertiary/aromatic N) is 2. The Balaban J connectivity index is 1.21. The van der Waals surface area contributed by atoms with E-state index in [4.69, 9.17) is 0 Å². The van der Waals surface area contributed by atoms with Crippen molar-refractivity contribution in [3.63, 3.8) is 0 Å². The highest BCUT2D eigenvalue weighted by Gasteiger charge is 2.36. The maximum absolute atomic E-state index is 13.3. The smallest absolute Gasteiger partial charge is 0.242 e. The topological polar surface area (TPSA) is 79.4 Å². The van der Waals surface area contributed by atoms with Crippen molar-refractivity contribution in [1.29, 1.82) is 0 Å². The van der Waals surface area contributed by atoms with E-state index < -0.39 is 10.0 Å². The Labute approximate surface area is 195 Å². The van der Waals surface area contributed by atoms with Gasteiger partial charge < -0.3 is 4.90 Å². The summed E-state index contributed by atoms with van der Waals surface area (Å²) in [6.07, 6.45) is 6.20. The third-order valence-corrected chi connectivity index (χ3v) is 8.48. The van der Waals surface area contributed by atoms with Crippen LogP contribution in [0.5, 0.6) is 0 Å². The number of fused-ring (bicyclic) bond motifs is 1. The van der Waals surface area contributed by atoms with Gasteiger partial charge in [0.15, 0.2) is 0 Å². The van der Waals surface area contributed by atoms with Gasteiger partial charge in [0.05, 0.1) is 11.6 Å². The fourth-order valence-corrected chi connectivity index (χ4v) is 6.51. The van der Waals surface area contributed by atoms with Gasteiger partial charge in [0, 0.05) is 30.1 Å². The lowest BCUT2D eigenvalue weighted by Gasteiger charge is -2.33. The van der Waals surface area contributed by atoms with Crippen LogP contribution < -0.4 is 4.72 Å². The van der Waals surface area contributed by atoms with Gasteiger partial charge in [-0.3, -0.25) is 9.78 Å². The minimum absolute atomic E-state index is 0.0302. The lowest BCUT2D eigenvalue weighted by Crippen LogP contribution is -2.42. The molecule has 1 saturated carbocycles. The number of hydrogen-bond donors (Lipinski definition) is 1. The summed E-state index contributed by atoms with van der Waals surface area (Å²) < 4.78 is 28.7. The second-order valence-corrected chi connectivity index (χ2v) is 10.8. The highest BCUT2D eigenvalue weighted by molar-refractivity contribution is 7.89. The number of benzene rings is 2. The minimum Gasteiger partial charge on any atom is -0.335 e. The molecule has 1 atom stereocenters. The molecule has 3 aromatic rings. The molecule has 1 aliphatic carbocycles. The third-order valence-electron chi connectivity index (χ3n) is 6.99. The molecule has 5 rings (SSSR count). The van der Waals surface area contributed by atoms with Crippen molar-refractivity contribution in [3.05, 3.63) is 72.4 Å². The summed E-state index contributed by atoms with van der Waals surface area (Å²) in [6, 6.07) is 19.4. The summed E-state index contributed by atoms with van der Waals surface area (Å²) >= 11 is 0. The number of hydrogen-bond acceptors (Lipinski definition) is 4. The quantitative estimate of drug-likeness (QED) is 0.607. The summed E-state index contributed by atoms with van der Waals surface area (Å²) in [4.78, 5) is 19.8. The molecule has 0 radical (unpaired) electrons. The van der Waals surface area contributed by atoms with Crippen molar-refractivity contribution in [2.45, 2.75) is 55.5 Å². The van der Waals surface area contributed by atoms with Gasteiger partial charge in [-0.05, 0) is 56.2 Å². The van der Waals surface area contributed by atoms with Crippen molar-refractivity contribution in [2.24, 2.45) is 5.92 Å². The molecule has 1 saturated heterocycles. The molecule has 2 fully saturated rings. The van der Waals surface area contributed by atoms with E-state index in [0.29, 0.717) is 25.7 Å². The first kappa shape index (κ1) is 22.0. The maximum Gasteiger partial charge on any atom is 0.242 e. The molecule has 33 heavy (non-hydrogen) atoms. The molecular weight excluding hydrogens is 434 g/mol. The second kappa shape index (κ2) is 9.23. The van der Waals surface area contributed by atoms with Crippen molar-refractivity contribution in [1.82, 2.24) is 14.6 Å². The zero-order valence-electron chi connectivity index (χ0n) is 18.6. The number of amides is 1. The number of rotatable bonds is 5. The number of aromatic nitrogens is 1. The summed E-state index contributed by atoms with van der Waals surface area (Å²) in [7, 11) is -3.66. The van der Waals surface area contributed by atoms with E-state index in [9.17, 15) is 13.2 Å². The monoisotopic (exact) mass is 463 g/mol. The van der Waals surface area contributed by atoms with E-state index in [2.05, 4.69) is 21.8 Å². The summed E-state index contributed by atoms with van der Waals surface area (Å²) in [5.41, 5.74) is 1.97. The number of sulfonamides is 1. The van der Waals surface area contributed by atoms with Gasteiger partial charge in [-0.25, -0.2) is 13.1 Å². The number of pyridine rings is 1. The number of nitrogens with one attached hydrogen (secondary N) is 1. The van der Waals surface area contributed by atoms with Crippen LogP contribution in [-0.4, -0.2) is 36.8 Å². The van der Waals surface area contributed by atoms with Gasteiger partial charge in [0.1, 0.15) is 4.90 Å². The van der Waals surface area contributed by atoms with Gasteiger partial charge in [-0.1, -0.05) is 48.5 Å². The van der Waals surface area contributed by atoms with Crippen molar-refractivity contribution in [3.8, 4) is 0 Å². The molecule has 1 aliphatic heterocycles. The number of carbonyl (C=O) groups is 1. The first-order chi connectivity index (χ1) is 16.0. The second-order valence-electron chi connectivity index (χ2n) is 9.13. The zero-order chi connectivity index (χ0) is 22.8. The summed E-state index contributed by atoms with van der Waals surface area (Å²) in [5.74, 6) is 0.193. The Kier molecular flexibility index (Phi) is 6.17. The highest BCUT2D eigenvalue weighted by Crippen LogP contribution is 2.36. The number of para-hydroxylation sites is 1. The molecule has 7 heteroatoms. The molecule has 1 amide bonds. The zero-order valence-corrected chi connectivity index (χ0v) is 19.4. The van der Waals surface area contributed by atoms with E-state index >= 15 is 0 Å². The molecule has 2 aliphatic rings. The van der Waals surface area contributed by atoms with Crippen LogP contribution in [0.15, 0.2) is 71.8 Å². The molecule has 1 N–H and O–H groups in total. The van der Waals surface area contributed by atoms with Crippen LogP contribution >= 0.6 is 0 Å². The average molecular weight is 464 g/mol. The SMILES string of the molecule is O=C(C1CCC(NS(=O)(=O)c2cnc3ccccc3c2)CC1)N1CCCC1c1ccccc1. The predicted octanol–water partition coefficient (Wildman–Crippen LogP) is 4.44. The molecule has 0 bridgehead atoms. The fourth-order valence-electron chi connectivity index (χ4n) is 5.23. The van der Waals surface area contributed by atoms with Crippen LogP contribution in [0.1, 0.15) is 50.1 Å². The predicted molar refractivity (Wildman–Crippen MR) is 128 cm³/mol. The van der Waals surface area contributed by atoms with E-state index in [1.807, 2.05) is 47.4 Å². The van der Waals surface area contributed by atoms with Gasteiger partial charge in [0.25, 0.3) is 0 Å². The van der Waals surface area contributed by atoms with E-state index in [1.165, 1.54) is 11.8 Å². The highest BCUT2D eigenvalue weighted by atomic mass is 32.2. The van der Waals surface area contributed by atoms with Crippen molar-refractivity contribution >= 4 is 26.8 Å². The van der Waals surface area contributed by atoms with Crippen LogP contribution in [0.4, 0.5) is 0 Å². The van der Waals surface area contributed by atoms with Gasteiger partial charge in [0.2, 0.25) is 15.9 Å². The Morgan fingerprint density at radius 3 is 2.45 bits per heavy atom. The lowest BCUT2D eigenvalue weighted by atomic mass is 9.85. The van der Waals surface area contributed by atoms with Crippen LogP contribution in [0.25, 0.3) is 10.9 Å². The fraction of sp³-hybridized carbons (Fsp3) is 0.385. The van der Waals surface area contributed by atoms with E-state index in [1.54, 1.807) is 6.07 Å². The van der Waals surface area contributed by atoms with Crippen LogP contribution in [0.3, 0.4) is 0 Å². The summed E-state index contributed by atoms with van der Waals surface area (Å²) in [6.45, 7) is 0.805. The lowest BCUT2D eigenvalue weighted by molar-refractivity contribution is -0.137. The van der Waals surface area contributed by atoms with E-state index in [0.717, 1.165) is 30.3 Å². The standard InChI is InChI=1S/C26H29N3O3S/c30-26(29-16-6-11-25(29)19-7-2-1-3-8-19)20-12-14-22(15-13-20)28-33(31,32)23-17-21-9-4-5-10-24(21)27-18-23/h1-5,7-10,17-18,20,22,25,28H,6,11-16H2. The van der Waals surface area contributed by atoms with Gasteiger partial charge in [-0.2, -0.15) is 0 Å². The maximum atomic E-state index is 13.3. The van der Waals surface area contributed by atoms with Crippen molar-refractivity contribution < 1.29 is 13.2 Å². The van der Waals surface area contributed by atoms with Crippen LogP contribution in [-0.2, 0) is 14.8 Å². The molecule has 6 nitrogen and oxygen atoms in total. The Morgan fingerprint density at radius 2 is 1.67 bits per heavy atom. The normalized spacial score (nSPS) is 23.6. The first-order valence-electron chi connectivity index (χ1n) is 11.7. The van der Waals surface area contributed by atoms with Crippen molar-refractivity contribution in [2.75, 3.05) is 6.54 Å². The molecule has 2 aromatic carbocycles. The van der Waals surface area contributed by atoms with Crippen LogP contribution in [0.2, 0.25) is 0 Å². The molecule has 1 unspecified atom stereocenters. The minimum atomic E-state index is -3.66. The number of likely N-dealkylation sites (tertiary alicyclic amines) is 1. The Morgan fingerprint density at radius 1 is 0.939 bits per heavy atom.